The molecule has 6 N–H and O–H groups in total. The monoisotopic (exact) mass is 979 g/mol. The third kappa shape index (κ3) is 17.9. The molecule has 0 saturated heterocycles. The highest BCUT2D eigenvalue weighted by Crippen LogP contribution is 2.31. The lowest BCUT2D eigenvalue weighted by Crippen LogP contribution is -2.60. The van der Waals surface area contributed by atoms with Gasteiger partial charge in [-0.2, -0.15) is 0 Å². The molecule has 3 aromatic rings. The Morgan fingerprint density at radius 3 is 2.25 bits per heavy atom. The van der Waals surface area contributed by atoms with E-state index in [9.17, 15) is 33.6 Å². The summed E-state index contributed by atoms with van der Waals surface area (Å²) in [5.41, 5.74) is 2.42. The van der Waals surface area contributed by atoms with Gasteiger partial charge in [0.1, 0.15) is 24.2 Å². The number of benzene rings is 2. The average molecular weight is 980 g/mol. The number of hydrogen-bond acceptors (Lipinski definition) is 10. The molecule has 1 fully saturated rings. The quantitative estimate of drug-likeness (QED) is 0.0212. The van der Waals surface area contributed by atoms with Gasteiger partial charge < -0.3 is 41.4 Å². The van der Waals surface area contributed by atoms with E-state index < -0.39 is 47.3 Å². The molecule has 2 aromatic carbocycles. The van der Waals surface area contributed by atoms with Gasteiger partial charge in [-0.1, -0.05) is 55.7 Å². The van der Waals surface area contributed by atoms with E-state index in [1.165, 1.54) is 13.2 Å². The molecule has 338 valence electrons. The molecule has 0 bridgehead atoms. The van der Waals surface area contributed by atoms with Gasteiger partial charge in [-0.3, -0.25) is 33.8 Å². The summed E-state index contributed by atoms with van der Waals surface area (Å²) in [7, 11) is 1.49. The van der Waals surface area contributed by atoms with Gasteiger partial charge in [0.2, 0.25) is 27.4 Å². The van der Waals surface area contributed by atoms with Crippen molar-refractivity contribution in [1.29, 1.82) is 0 Å². The first kappa shape index (κ1) is 50.0. The molecular formula is C46H58IN7O9. The molecule has 0 spiro atoms. The number of nitrogens with zero attached hydrogens (tertiary/aromatic N) is 1. The number of rotatable bonds is 24. The number of halogens is 1. The molecule has 4 rings (SSSR count). The van der Waals surface area contributed by atoms with E-state index in [0.29, 0.717) is 49.2 Å². The third-order valence-corrected chi connectivity index (χ3v) is 11.5. The summed E-state index contributed by atoms with van der Waals surface area (Å²) in [6.45, 7) is 2.51. The molecule has 6 amide bonds. The van der Waals surface area contributed by atoms with Crippen LogP contribution in [0.2, 0.25) is 0 Å². The fourth-order valence-corrected chi connectivity index (χ4v) is 7.62. The highest BCUT2D eigenvalue weighted by Gasteiger charge is 2.41. The average Bonchev–Trinajstić information content (AvgIpc) is 3.27. The maximum Gasteiger partial charge on any atom is 0.323 e. The smallest absolute Gasteiger partial charge is 0.323 e. The molecule has 2 atom stereocenters. The van der Waals surface area contributed by atoms with E-state index in [0.717, 1.165) is 30.4 Å². The SMILES string of the molecule is COCCOC(=O)CCC[C@H](NC(=O)[C@@H](CCCCNC(=O)/C=C/c1cccnc1)NC(=O)Cc1ccc(NC(=O)Nc2ccccc2C)cc1)C(=O)NC1(C(=O)I)CCCCC1. The number of urea groups is 1. The van der Waals surface area contributed by atoms with Crippen LogP contribution in [0.25, 0.3) is 6.08 Å². The Morgan fingerprint density at radius 2 is 1.56 bits per heavy atom. The van der Waals surface area contributed by atoms with Crippen LogP contribution in [-0.4, -0.2) is 88.9 Å². The number of anilines is 2. The second-order valence-corrected chi connectivity index (χ2v) is 16.3. The zero-order chi connectivity index (χ0) is 45.5. The fourth-order valence-electron chi connectivity index (χ4n) is 6.95. The number of aromatic nitrogens is 1. The molecule has 1 heterocycles. The van der Waals surface area contributed by atoms with Crippen molar-refractivity contribution in [3.8, 4) is 0 Å². The number of esters is 1. The minimum atomic E-state index is -1.13. The molecule has 63 heavy (non-hydrogen) atoms. The number of pyridine rings is 1. The lowest BCUT2D eigenvalue weighted by molar-refractivity contribution is -0.145. The minimum Gasteiger partial charge on any atom is -0.463 e. The van der Waals surface area contributed by atoms with Crippen molar-refractivity contribution in [3.05, 3.63) is 95.8 Å². The van der Waals surface area contributed by atoms with Gasteiger partial charge in [-0.05, 0) is 98.9 Å². The summed E-state index contributed by atoms with van der Waals surface area (Å²) in [6.07, 6.45) is 11.0. The van der Waals surface area contributed by atoms with E-state index in [4.69, 9.17) is 9.47 Å². The Bertz CT molecular complexity index is 2030. The van der Waals surface area contributed by atoms with Crippen LogP contribution in [0, 0.1) is 6.92 Å². The van der Waals surface area contributed by atoms with Gasteiger partial charge in [0.15, 0.2) is 0 Å². The maximum atomic E-state index is 14.1. The van der Waals surface area contributed by atoms with Gasteiger partial charge in [-0.15, -0.1) is 0 Å². The normalized spacial score (nSPS) is 14.1. The predicted molar refractivity (Wildman–Crippen MR) is 248 cm³/mol. The number of hydrogen-bond donors (Lipinski definition) is 6. The zero-order valence-corrected chi connectivity index (χ0v) is 38.0. The highest BCUT2D eigenvalue weighted by molar-refractivity contribution is 14.1. The Balaban J connectivity index is 1.43. The van der Waals surface area contributed by atoms with E-state index in [1.54, 1.807) is 77.5 Å². The van der Waals surface area contributed by atoms with Crippen LogP contribution in [0.4, 0.5) is 16.2 Å². The minimum absolute atomic E-state index is 0.0191. The predicted octanol–water partition coefficient (Wildman–Crippen LogP) is 5.69. The standard InChI is InChI=1S/C46H58IN7O9/c1-32-12-4-5-14-36(32)53-45(61)50-35-21-18-33(19-22-35)30-40(56)51-37(15-6-9-27-49-39(55)23-20-34-13-11-26-48-31-34)42(58)52-38(16-10-17-41(57)63-29-28-62-2)43(59)54-46(44(47)60)24-7-3-8-25-46/h4-5,11-14,18-23,26,31,37-38H,3,6-10,15-17,24-25,27-30H2,1-2H3,(H,49,55)(H,51,56)(H,52,58)(H,54,59)(H2,50,53,61)/b23-20+/t37-,38+/m1/s1. The summed E-state index contributed by atoms with van der Waals surface area (Å²) in [5.74, 6) is -2.42. The zero-order valence-electron chi connectivity index (χ0n) is 35.8. The molecule has 1 aliphatic carbocycles. The second kappa shape index (κ2) is 26.7. The van der Waals surface area contributed by atoms with Gasteiger partial charge in [-0.25, -0.2) is 4.79 Å². The number of ether oxygens (including phenoxy) is 2. The molecule has 1 aliphatic rings. The largest absolute Gasteiger partial charge is 0.463 e. The van der Waals surface area contributed by atoms with Crippen LogP contribution in [0.15, 0.2) is 79.1 Å². The van der Waals surface area contributed by atoms with Crippen molar-refractivity contribution in [3.63, 3.8) is 0 Å². The van der Waals surface area contributed by atoms with E-state index in [2.05, 4.69) is 36.9 Å². The number of nitrogens with one attached hydrogen (secondary N) is 6. The van der Waals surface area contributed by atoms with Gasteiger partial charge in [0, 0.05) is 72.5 Å². The van der Waals surface area contributed by atoms with Crippen molar-refractivity contribution in [2.75, 3.05) is 37.5 Å². The Kier molecular flexibility index (Phi) is 21.2. The van der Waals surface area contributed by atoms with Crippen LogP contribution in [0.5, 0.6) is 0 Å². The van der Waals surface area contributed by atoms with Crippen molar-refractivity contribution < 1.29 is 43.0 Å². The van der Waals surface area contributed by atoms with Crippen molar-refractivity contribution >= 4 is 79.5 Å². The highest BCUT2D eigenvalue weighted by atomic mass is 127. The van der Waals surface area contributed by atoms with Gasteiger partial charge in [0.25, 0.3) is 0 Å². The van der Waals surface area contributed by atoms with Gasteiger partial charge in [0.05, 0.1) is 13.0 Å². The van der Waals surface area contributed by atoms with Crippen LogP contribution >= 0.6 is 22.6 Å². The first-order chi connectivity index (χ1) is 30.4. The van der Waals surface area contributed by atoms with Crippen LogP contribution in [0.3, 0.4) is 0 Å². The summed E-state index contributed by atoms with van der Waals surface area (Å²) in [6, 6.07) is 15.1. The van der Waals surface area contributed by atoms with Crippen LogP contribution < -0.4 is 31.9 Å². The third-order valence-electron chi connectivity index (χ3n) is 10.5. The Labute approximate surface area is 382 Å². The van der Waals surface area contributed by atoms with Crippen LogP contribution in [-0.2, 0) is 44.7 Å². The number of para-hydroxylation sites is 1. The number of aryl methyl sites for hydroxylation is 1. The van der Waals surface area contributed by atoms with Crippen molar-refractivity contribution in [2.45, 2.75) is 102 Å². The molecule has 0 unspecified atom stereocenters. The lowest BCUT2D eigenvalue weighted by Gasteiger charge is -2.36. The van der Waals surface area contributed by atoms with Gasteiger partial charge >= 0.3 is 12.0 Å². The van der Waals surface area contributed by atoms with Crippen molar-refractivity contribution in [2.24, 2.45) is 0 Å². The van der Waals surface area contributed by atoms with Crippen molar-refractivity contribution in [1.82, 2.24) is 26.3 Å². The number of carbonyl (C=O) groups is 7. The Hall–Kier alpha value is -5.69. The molecule has 0 aliphatic heterocycles. The second-order valence-electron chi connectivity index (χ2n) is 15.4. The number of methoxy groups -OCH3 is 1. The van der Waals surface area contributed by atoms with E-state index in [1.807, 2.05) is 31.2 Å². The summed E-state index contributed by atoms with van der Waals surface area (Å²) in [5, 5.41) is 17.0. The Morgan fingerprint density at radius 1 is 0.825 bits per heavy atom. The van der Waals surface area contributed by atoms with Crippen LogP contribution in [0.1, 0.15) is 87.3 Å². The lowest BCUT2D eigenvalue weighted by atomic mass is 9.82. The first-order valence-electron chi connectivity index (χ1n) is 21.2. The molecule has 16 nitrogen and oxygen atoms in total. The first-order valence-corrected chi connectivity index (χ1v) is 22.3. The summed E-state index contributed by atoms with van der Waals surface area (Å²) in [4.78, 5) is 95.9. The number of unbranched alkanes of at least 4 members (excludes halogenated alkanes) is 1. The summed E-state index contributed by atoms with van der Waals surface area (Å²) >= 11 is 1.71. The fraction of sp³-hybridized carbons (Fsp3) is 0.435. The topological polar surface area (TPSA) is 223 Å². The molecule has 0 radical (unpaired) electrons. The molecular weight excluding hydrogens is 921 g/mol. The molecule has 1 aromatic heterocycles. The molecule has 1 saturated carbocycles. The molecule has 17 heteroatoms. The van der Waals surface area contributed by atoms with E-state index >= 15 is 0 Å². The maximum absolute atomic E-state index is 14.1. The number of carbonyl (C=O) groups excluding carboxylic acids is 7. The van der Waals surface area contributed by atoms with E-state index in [-0.39, 0.29) is 55.0 Å². The number of amides is 6. The summed E-state index contributed by atoms with van der Waals surface area (Å²) < 4.78 is 9.91.